The number of hydrogen-bond acceptors (Lipinski definition) is 3. The van der Waals surface area contributed by atoms with E-state index in [1.807, 2.05) is 30.3 Å². The maximum atomic E-state index is 12.1. The third-order valence-corrected chi connectivity index (χ3v) is 4.47. The molecule has 0 saturated carbocycles. The van der Waals surface area contributed by atoms with Crippen LogP contribution in [0.1, 0.15) is 45.6 Å². The highest BCUT2D eigenvalue weighted by Gasteiger charge is 2.41. The fraction of sp³-hybridized carbons (Fsp3) is 0.579. The highest BCUT2D eigenvalue weighted by molar-refractivity contribution is 5.67. The molecule has 0 spiro atoms. The van der Waals surface area contributed by atoms with Gasteiger partial charge in [0.2, 0.25) is 0 Å². The van der Waals surface area contributed by atoms with Crippen LogP contribution in [0.3, 0.4) is 0 Å². The lowest BCUT2D eigenvalue weighted by Gasteiger charge is -2.46. The number of amides is 2. The zero-order valence-electron chi connectivity index (χ0n) is 15.9. The molecule has 1 aromatic rings. The Morgan fingerprint density at radius 1 is 1.15 bits per heavy atom. The molecule has 0 unspecified atom stereocenters. The molecule has 7 nitrogen and oxygen atoms in total. The molecule has 0 radical (unpaired) electrons. The number of rotatable bonds is 5. The van der Waals surface area contributed by atoms with Crippen LogP contribution < -0.4 is 5.32 Å². The van der Waals surface area contributed by atoms with E-state index in [0.717, 1.165) is 24.8 Å². The number of ether oxygens (including phenoxy) is 1. The van der Waals surface area contributed by atoms with Gasteiger partial charge in [0.1, 0.15) is 25.2 Å². The van der Waals surface area contributed by atoms with Crippen LogP contribution >= 0.6 is 0 Å². The van der Waals surface area contributed by atoms with Crippen molar-refractivity contribution in [1.82, 2.24) is 10.3 Å². The lowest BCUT2D eigenvalue weighted by Crippen LogP contribution is -2.67. The molecule has 1 aliphatic rings. The van der Waals surface area contributed by atoms with Gasteiger partial charge in [0.05, 0.1) is 0 Å². The summed E-state index contributed by atoms with van der Waals surface area (Å²) in [4.78, 5) is 24.1. The fourth-order valence-corrected chi connectivity index (χ4v) is 3.27. The van der Waals surface area contributed by atoms with E-state index in [-0.39, 0.29) is 17.8 Å². The average molecular weight is 364 g/mol. The maximum absolute atomic E-state index is 12.1. The van der Waals surface area contributed by atoms with Crippen molar-refractivity contribution in [2.75, 3.05) is 19.8 Å². The Labute approximate surface area is 155 Å². The van der Waals surface area contributed by atoms with Gasteiger partial charge < -0.3 is 9.84 Å². The van der Waals surface area contributed by atoms with Crippen molar-refractivity contribution in [3.63, 3.8) is 0 Å². The van der Waals surface area contributed by atoms with Crippen LogP contribution in [-0.2, 0) is 11.3 Å². The van der Waals surface area contributed by atoms with E-state index in [0.29, 0.717) is 13.1 Å². The average Bonchev–Trinajstić information content (AvgIpc) is 2.58. The second-order valence-corrected chi connectivity index (χ2v) is 7.77. The highest BCUT2D eigenvalue weighted by Crippen LogP contribution is 2.24. The number of benzene rings is 1. The second kappa shape index (κ2) is 8.40. The van der Waals surface area contributed by atoms with Gasteiger partial charge in [-0.25, -0.2) is 9.59 Å². The summed E-state index contributed by atoms with van der Waals surface area (Å²) in [6.07, 6.45) is 1.42. The van der Waals surface area contributed by atoms with E-state index in [1.165, 1.54) is 5.01 Å². The maximum Gasteiger partial charge on any atom is 0.452 e. The molecule has 26 heavy (non-hydrogen) atoms. The quantitative estimate of drug-likeness (QED) is 0.783. The predicted molar refractivity (Wildman–Crippen MR) is 98.1 cm³/mol. The van der Waals surface area contributed by atoms with Crippen LogP contribution in [0.5, 0.6) is 0 Å². The minimum atomic E-state index is -0.984. The first kappa shape index (κ1) is 20.0. The first-order valence-electron chi connectivity index (χ1n) is 9.10. The Kier molecular flexibility index (Phi) is 6.47. The lowest BCUT2D eigenvalue weighted by molar-refractivity contribution is -1.03. The Morgan fingerprint density at radius 2 is 1.77 bits per heavy atom. The largest absolute Gasteiger partial charge is 0.462 e. The molecule has 0 bridgehead atoms. The van der Waals surface area contributed by atoms with Crippen molar-refractivity contribution in [2.45, 2.75) is 52.2 Å². The minimum Gasteiger partial charge on any atom is -0.462 e. The summed E-state index contributed by atoms with van der Waals surface area (Å²) in [5.41, 5.74) is 0.336. The number of carbonyl (C=O) groups is 2. The predicted octanol–water partition coefficient (Wildman–Crippen LogP) is 3.56. The molecule has 1 fully saturated rings. The summed E-state index contributed by atoms with van der Waals surface area (Å²) < 4.78 is 5.50. The Hall–Kier alpha value is -2.28. The monoisotopic (exact) mass is 364 g/mol. The van der Waals surface area contributed by atoms with Crippen LogP contribution in [0.25, 0.3) is 0 Å². The minimum absolute atomic E-state index is 0.198. The highest BCUT2D eigenvalue weighted by atomic mass is 16.6. The normalized spacial score (nSPS) is 16.6. The molecule has 1 aromatic carbocycles. The molecule has 1 heterocycles. The molecule has 1 aliphatic heterocycles. The first-order valence-corrected chi connectivity index (χ1v) is 9.10. The second-order valence-electron chi connectivity index (χ2n) is 7.77. The number of piperidine rings is 1. The number of nitrogens with one attached hydrogen (secondary N) is 1. The topological polar surface area (TPSA) is 78.9 Å². The van der Waals surface area contributed by atoms with Gasteiger partial charge in [-0.05, 0) is 45.6 Å². The SMILES string of the molecule is CC(C)(C)OC(=O)NC[N+]1(N(Cc2ccccc2)C(=O)O)CCCCC1. The van der Waals surface area contributed by atoms with Gasteiger partial charge >= 0.3 is 12.2 Å². The molecule has 0 aliphatic carbocycles. The number of alkyl carbamates (subject to hydrolysis) is 1. The van der Waals surface area contributed by atoms with Gasteiger partial charge in [-0.1, -0.05) is 30.3 Å². The number of carbonyl (C=O) groups excluding carboxylic acids is 1. The van der Waals surface area contributed by atoms with Crippen LogP contribution in [0.2, 0.25) is 0 Å². The third kappa shape index (κ3) is 5.62. The van der Waals surface area contributed by atoms with Crippen LogP contribution in [-0.4, -0.2) is 52.3 Å². The van der Waals surface area contributed by atoms with Crippen LogP contribution in [0.4, 0.5) is 9.59 Å². The fourth-order valence-electron chi connectivity index (χ4n) is 3.27. The Bertz CT molecular complexity index is 607. The third-order valence-electron chi connectivity index (χ3n) is 4.47. The molecule has 2 rings (SSSR count). The standard InChI is InChI=1S/C19H29N3O4/c1-19(2,3)26-17(23)20-15-22(12-8-5-9-13-22)21(18(24)25)14-16-10-6-4-7-11-16/h4,6-7,10-11H,5,8-9,12-15H2,1-3H3,(H-,20,23,24,25)/p+1. The lowest BCUT2D eigenvalue weighted by atomic mass is 10.1. The van der Waals surface area contributed by atoms with E-state index >= 15 is 0 Å². The van der Waals surface area contributed by atoms with E-state index < -0.39 is 17.8 Å². The van der Waals surface area contributed by atoms with Crippen LogP contribution in [0, 0.1) is 0 Å². The molecular weight excluding hydrogens is 334 g/mol. The molecule has 2 amide bonds. The van der Waals surface area contributed by atoms with Gasteiger partial charge in [-0.15, -0.1) is 5.01 Å². The van der Waals surface area contributed by atoms with Crippen molar-refractivity contribution in [1.29, 1.82) is 0 Å². The number of hydrogen-bond donors (Lipinski definition) is 2. The van der Waals surface area contributed by atoms with E-state index in [9.17, 15) is 14.7 Å². The number of carboxylic acid groups (broad SMARTS) is 1. The summed E-state index contributed by atoms with van der Waals surface area (Å²) in [7, 11) is 0. The van der Waals surface area contributed by atoms with E-state index in [1.54, 1.807) is 20.8 Å². The van der Waals surface area contributed by atoms with Crippen molar-refractivity contribution in [2.24, 2.45) is 0 Å². The molecule has 2 N–H and O–H groups in total. The van der Waals surface area contributed by atoms with Gasteiger partial charge in [-0.3, -0.25) is 5.32 Å². The number of likely N-dealkylation sites (tertiary alicyclic amines) is 1. The number of nitrogens with zero attached hydrogens (tertiary/aromatic N) is 2. The summed E-state index contributed by atoms with van der Waals surface area (Å²) in [6, 6.07) is 9.53. The summed E-state index contributed by atoms with van der Waals surface area (Å²) >= 11 is 0. The molecule has 1 saturated heterocycles. The van der Waals surface area contributed by atoms with Crippen molar-refractivity contribution >= 4 is 12.2 Å². The molecule has 7 heteroatoms. The summed E-state index contributed by atoms with van der Waals surface area (Å²) in [5, 5.41) is 14.1. The van der Waals surface area contributed by atoms with Gasteiger partial charge in [-0.2, -0.15) is 4.59 Å². The first-order chi connectivity index (χ1) is 12.2. The van der Waals surface area contributed by atoms with E-state index in [2.05, 4.69) is 5.32 Å². The zero-order valence-corrected chi connectivity index (χ0v) is 15.9. The van der Waals surface area contributed by atoms with Gasteiger partial charge in [0, 0.05) is 0 Å². The van der Waals surface area contributed by atoms with Crippen molar-refractivity contribution < 1.29 is 24.0 Å². The molecule has 144 valence electrons. The molecule has 0 atom stereocenters. The van der Waals surface area contributed by atoms with Gasteiger partial charge in [0.25, 0.3) is 0 Å². The van der Waals surface area contributed by atoms with Crippen molar-refractivity contribution in [3.8, 4) is 0 Å². The summed E-state index contributed by atoms with van der Waals surface area (Å²) in [5.74, 6) is 0. The number of quaternary nitrogens is 1. The molecular formula is C19H30N3O4+. The van der Waals surface area contributed by atoms with Crippen LogP contribution in [0.15, 0.2) is 30.3 Å². The zero-order chi connectivity index (χ0) is 19.2. The van der Waals surface area contributed by atoms with E-state index in [4.69, 9.17) is 4.74 Å². The molecule has 0 aromatic heterocycles. The van der Waals surface area contributed by atoms with Gasteiger partial charge in [0.15, 0.2) is 6.67 Å². The smallest absolute Gasteiger partial charge is 0.452 e. The Morgan fingerprint density at radius 3 is 2.31 bits per heavy atom. The Balaban J connectivity index is 2.16. The van der Waals surface area contributed by atoms with Crippen molar-refractivity contribution in [3.05, 3.63) is 35.9 Å². The summed E-state index contributed by atoms with van der Waals surface area (Å²) in [6.45, 7) is 7.24.